The van der Waals surface area contributed by atoms with Crippen molar-refractivity contribution in [2.24, 2.45) is 0 Å². The molecule has 26 heavy (non-hydrogen) atoms. The highest BCUT2D eigenvalue weighted by atomic mass is 16.2. The molecule has 7 heteroatoms. The van der Waals surface area contributed by atoms with Gasteiger partial charge in [0.15, 0.2) is 0 Å². The first-order valence-corrected chi connectivity index (χ1v) is 8.14. The molecule has 1 aromatic heterocycles. The Hall–Kier alpha value is -3.48. The van der Waals surface area contributed by atoms with E-state index in [-0.39, 0.29) is 18.4 Å². The van der Waals surface area contributed by atoms with Crippen molar-refractivity contribution >= 4 is 11.8 Å². The molecule has 2 amide bonds. The predicted octanol–water partition coefficient (Wildman–Crippen LogP) is 1.66. The molecule has 0 bridgehead atoms. The number of carbonyl (C=O) groups is 2. The third kappa shape index (κ3) is 4.32. The van der Waals surface area contributed by atoms with Gasteiger partial charge in [0.2, 0.25) is 5.91 Å². The maximum Gasteiger partial charge on any atom is 0.254 e. The molecule has 0 aliphatic carbocycles. The topological polar surface area (TPSA) is 80.1 Å². The molecule has 0 aliphatic rings. The second-order valence-corrected chi connectivity index (χ2v) is 5.81. The third-order valence-electron chi connectivity index (χ3n) is 3.86. The molecule has 0 fully saturated rings. The SMILES string of the molecule is CN(CC(=O)NCc1ccc(-n2cncn2)cc1)C(=O)c1ccccc1. The summed E-state index contributed by atoms with van der Waals surface area (Å²) in [4.78, 5) is 29.6. The largest absolute Gasteiger partial charge is 0.350 e. The van der Waals surface area contributed by atoms with E-state index in [1.165, 1.54) is 11.2 Å². The van der Waals surface area contributed by atoms with Gasteiger partial charge in [-0.2, -0.15) is 5.10 Å². The number of rotatable bonds is 6. The average Bonchev–Trinajstić information content (AvgIpc) is 3.21. The van der Waals surface area contributed by atoms with Crippen LogP contribution < -0.4 is 5.32 Å². The van der Waals surface area contributed by atoms with Crippen LogP contribution in [-0.4, -0.2) is 45.1 Å². The number of aromatic nitrogens is 3. The zero-order valence-electron chi connectivity index (χ0n) is 14.4. The van der Waals surface area contributed by atoms with Crippen LogP contribution in [0, 0.1) is 0 Å². The summed E-state index contributed by atoms with van der Waals surface area (Å²) in [5.41, 5.74) is 2.41. The van der Waals surface area contributed by atoms with Crippen molar-refractivity contribution in [3.63, 3.8) is 0 Å². The molecule has 3 rings (SSSR count). The minimum absolute atomic E-state index is 0.00473. The van der Waals surface area contributed by atoms with E-state index in [2.05, 4.69) is 15.4 Å². The van der Waals surface area contributed by atoms with Gasteiger partial charge >= 0.3 is 0 Å². The summed E-state index contributed by atoms with van der Waals surface area (Å²) in [5, 5.41) is 6.89. The van der Waals surface area contributed by atoms with Crippen LogP contribution in [0.15, 0.2) is 67.3 Å². The lowest BCUT2D eigenvalue weighted by atomic mass is 10.2. The van der Waals surface area contributed by atoms with E-state index in [9.17, 15) is 9.59 Å². The van der Waals surface area contributed by atoms with Crippen LogP contribution >= 0.6 is 0 Å². The van der Waals surface area contributed by atoms with Crippen molar-refractivity contribution in [2.75, 3.05) is 13.6 Å². The number of carbonyl (C=O) groups excluding carboxylic acids is 2. The molecule has 1 heterocycles. The van der Waals surface area contributed by atoms with Gasteiger partial charge in [0.05, 0.1) is 12.2 Å². The van der Waals surface area contributed by atoms with Gasteiger partial charge in [-0.15, -0.1) is 0 Å². The van der Waals surface area contributed by atoms with Crippen LogP contribution in [0.3, 0.4) is 0 Å². The van der Waals surface area contributed by atoms with Crippen molar-refractivity contribution in [1.82, 2.24) is 25.0 Å². The van der Waals surface area contributed by atoms with E-state index in [0.717, 1.165) is 11.3 Å². The van der Waals surface area contributed by atoms with E-state index >= 15 is 0 Å². The lowest BCUT2D eigenvalue weighted by Crippen LogP contribution is -2.38. The van der Waals surface area contributed by atoms with Gasteiger partial charge in [-0.25, -0.2) is 9.67 Å². The number of nitrogens with zero attached hydrogens (tertiary/aromatic N) is 4. The summed E-state index contributed by atoms with van der Waals surface area (Å²) < 4.78 is 1.66. The number of nitrogens with one attached hydrogen (secondary N) is 1. The van der Waals surface area contributed by atoms with Crippen LogP contribution in [0.2, 0.25) is 0 Å². The minimum Gasteiger partial charge on any atom is -0.350 e. The lowest BCUT2D eigenvalue weighted by Gasteiger charge is -2.17. The molecule has 1 N–H and O–H groups in total. The average molecular weight is 349 g/mol. The number of benzene rings is 2. The number of hydrogen-bond acceptors (Lipinski definition) is 4. The van der Waals surface area contributed by atoms with Crippen LogP contribution in [0.25, 0.3) is 5.69 Å². The Balaban J connectivity index is 1.50. The van der Waals surface area contributed by atoms with Crippen molar-refractivity contribution in [3.05, 3.63) is 78.4 Å². The maximum atomic E-state index is 12.2. The number of hydrogen-bond donors (Lipinski definition) is 1. The summed E-state index contributed by atoms with van der Waals surface area (Å²) in [6.07, 6.45) is 3.09. The van der Waals surface area contributed by atoms with Crippen molar-refractivity contribution < 1.29 is 9.59 Å². The predicted molar refractivity (Wildman–Crippen MR) is 96.6 cm³/mol. The zero-order valence-corrected chi connectivity index (χ0v) is 14.4. The van der Waals surface area contributed by atoms with Gasteiger partial charge in [-0.3, -0.25) is 9.59 Å². The molecular weight excluding hydrogens is 330 g/mol. The second-order valence-electron chi connectivity index (χ2n) is 5.81. The fraction of sp³-hybridized carbons (Fsp3) is 0.158. The van der Waals surface area contributed by atoms with Gasteiger partial charge in [0.25, 0.3) is 5.91 Å². The smallest absolute Gasteiger partial charge is 0.254 e. The third-order valence-corrected chi connectivity index (χ3v) is 3.86. The summed E-state index contributed by atoms with van der Waals surface area (Å²) in [7, 11) is 1.61. The van der Waals surface area contributed by atoms with Crippen LogP contribution in [0.1, 0.15) is 15.9 Å². The zero-order chi connectivity index (χ0) is 18.4. The highest BCUT2D eigenvalue weighted by Gasteiger charge is 2.14. The molecule has 0 spiro atoms. The van der Waals surface area contributed by atoms with E-state index in [1.54, 1.807) is 42.3 Å². The quantitative estimate of drug-likeness (QED) is 0.734. The second kappa shape index (κ2) is 8.06. The van der Waals surface area contributed by atoms with E-state index in [0.29, 0.717) is 12.1 Å². The Kier molecular flexibility index (Phi) is 5.38. The summed E-state index contributed by atoms with van der Waals surface area (Å²) in [5.74, 6) is -0.393. The Morgan fingerprint density at radius 3 is 2.46 bits per heavy atom. The molecule has 2 aromatic carbocycles. The fourth-order valence-corrected chi connectivity index (χ4v) is 2.45. The van der Waals surface area contributed by atoms with Crippen molar-refractivity contribution in [3.8, 4) is 5.69 Å². The Morgan fingerprint density at radius 2 is 1.81 bits per heavy atom. The monoisotopic (exact) mass is 349 g/mol. The van der Waals surface area contributed by atoms with Gasteiger partial charge in [-0.05, 0) is 29.8 Å². The summed E-state index contributed by atoms with van der Waals surface area (Å²) in [6, 6.07) is 16.5. The molecule has 0 atom stereocenters. The van der Waals surface area contributed by atoms with Gasteiger partial charge in [-0.1, -0.05) is 30.3 Å². The highest BCUT2D eigenvalue weighted by molar-refractivity contribution is 5.96. The minimum atomic E-state index is -0.211. The normalized spacial score (nSPS) is 10.3. The number of amides is 2. The van der Waals surface area contributed by atoms with Crippen LogP contribution in [0.4, 0.5) is 0 Å². The van der Waals surface area contributed by atoms with Gasteiger partial charge in [0.1, 0.15) is 12.7 Å². The molecule has 0 saturated heterocycles. The molecule has 0 aliphatic heterocycles. The van der Waals surface area contributed by atoms with Crippen molar-refractivity contribution in [1.29, 1.82) is 0 Å². The molecule has 7 nitrogen and oxygen atoms in total. The first kappa shape index (κ1) is 17.3. The molecule has 3 aromatic rings. The van der Waals surface area contributed by atoms with Crippen molar-refractivity contribution in [2.45, 2.75) is 6.54 Å². The molecular formula is C19H19N5O2. The van der Waals surface area contributed by atoms with Crippen LogP contribution in [0.5, 0.6) is 0 Å². The fourth-order valence-electron chi connectivity index (χ4n) is 2.45. The van der Waals surface area contributed by atoms with E-state index in [4.69, 9.17) is 0 Å². The number of likely N-dealkylation sites (N-methyl/N-ethyl adjacent to an activating group) is 1. The Bertz CT molecular complexity index is 861. The Morgan fingerprint density at radius 1 is 1.08 bits per heavy atom. The van der Waals surface area contributed by atoms with Gasteiger partial charge in [0, 0.05) is 19.2 Å². The Labute approximate surface area is 151 Å². The molecule has 0 saturated carbocycles. The molecule has 0 unspecified atom stereocenters. The van der Waals surface area contributed by atoms with Crippen LogP contribution in [-0.2, 0) is 11.3 Å². The maximum absolute atomic E-state index is 12.2. The van der Waals surface area contributed by atoms with E-state index in [1.807, 2.05) is 30.3 Å². The first-order chi connectivity index (χ1) is 12.6. The first-order valence-electron chi connectivity index (χ1n) is 8.14. The van der Waals surface area contributed by atoms with E-state index < -0.39 is 0 Å². The summed E-state index contributed by atoms with van der Waals surface area (Å²) >= 11 is 0. The lowest BCUT2D eigenvalue weighted by molar-refractivity contribution is -0.121. The summed E-state index contributed by atoms with van der Waals surface area (Å²) in [6.45, 7) is 0.397. The molecule has 0 radical (unpaired) electrons. The highest BCUT2D eigenvalue weighted by Crippen LogP contribution is 2.08. The standard InChI is InChI=1S/C19H19N5O2/c1-23(19(26)16-5-3-2-4-6-16)12-18(25)21-11-15-7-9-17(10-8-15)24-14-20-13-22-24/h2-10,13-14H,11-12H2,1H3,(H,21,25). The van der Waals surface area contributed by atoms with Gasteiger partial charge < -0.3 is 10.2 Å². The molecule has 132 valence electrons.